The Labute approximate surface area is 157 Å². The second-order valence-corrected chi connectivity index (χ2v) is 7.33. The van der Waals surface area contributed by atoms with Gasteiger partial charge in [-0.25, -0.2) is 0 Å². The van der Waals surface area contributed by atoms with E-state index in [1.807, 2.05) is 0 Å². The third-order valence-electron chi connectivity index (χ3n) is 5.43. The number of nitrogens with zero attached hydrogens (tertiary/aromatic N) is 2. The first kappa shape index (κ1) is 19.2. The number of hydrogen-bond donors (Lipinski definition) is 3. The molecule has 0 bridgehead atoms. The van der Waals surface area contributed by atoms with Crippen LogP contribution in [0.3, 0.4) is 0 Å². The van der Waals surface area contributed by atoms with Gasteiger partial charge in [-0.3, -0.25) is 9.89 Å². The number of aliphatic hydroxyl groups is 1. The molecule has 23 heavy (non-hydrogen) atoms. The first-order valence-electron chi connectivity index (χ1n) is 9.16. The third-order valence-corrected chi connectivity index (χ3v) is 5.43. The van der Waals surface area contributed by atoms with Gasteiger partial charge in [0.1, 0.15) is 0 Å². The highest BCUT2D eigenvalue weighted by Gasteiger charge is 2.38. The molecular formula is C17H33IN4O. The van der Waals surface area contributed by atoms with Crippen molar-refractivity contribution in [3.8, 4) is 0 Å². The van der Waals surface area contributed by atoms with Crippen LogP contribution in [0, 0.1) is 5.92 Å². The van der Waals surface area contributed by atoms with Crippen molar-refractivity contribution in [1.82, 2.24) is 15.5 Å². The summed E-state index contributed by atoms with van der Waals surface area (Å²) in [7, 11) is 0. The first-order chi connectivity index (χ1) is 10.7. The summed E-state index contributed by atoms with van der Waals surface area (Å²) in [6.07, 6.45) is 7.01. The zero-order valence-electron chi connectivity index (χ0n) is 14.5. The van der Waals surface area contributed by atoms with Crippen LogP contribution in [0.4, 0.5) is 0 Å². The standard InChI is InChI=1S/C17H32N4O.HI/c1-3-18-17(19-10-13-5-4-6-16(13)22)20-14-9-12(2)21(11-14)15-7-8-15;/h12-16,22H,3-11H2,1-2H3,(H2,18,19,20);1H. The van der Waals surface area contributed by atoms with E-state index < -0.39 is 0 Å². The maximum atomic E-state index is 9.94. The molecule has 0 aromatic carbocycles. The van der Waals surface area contributed by atoms with Gasteiger partial charge in [0, 0.05) is 43.7 Å². The Bertz CT molecular complexity index is 402. The van der Waals surface area contributed by atoms with Crippen molar-refractivity contribution in [3.05, 3.63) is 0 Å². The van der Waals surface area contributed by atoms with Gasteiger partial charge in [-0.05, 0) is 46.0 Å². The van der Waals surface area contributed by atoms with Crippen LogP contribution in [0.5, 0.6) is 0 Å². The number of aliphatic hydroxyl groups excluding tert-OH is 1. The molecule has 1 aliphatic heterocycles. The molecule has 0 spiro atoms. The number of likely N-dealkylation sites (tertiary alicyclic amines) is 1. The lowest BCUT2D eigenvalue weighted by Crippen LogP contribution is -2.45. The summed E-state index contributed by atoms with van der Waals surface area (Å²) < 4.78 is 0. The zero-order chi connectivity index (χ0) is 15.5. The monoisotopic (exact) mass is 436 g/mol. The lowest BCUT2D eigenvalue weighted by molar-refractivity contribution is 0.136. The fraction of sp³-hybridized carbons (Fsp3) is 0.941. The number of nitrogens with one attached hydrogen (secondary N) is 2. The van der Waals surface area contributed by atoms with E-state index in [9.17, 15) is 5.11 Å². The van der Waals surface area contributed by atoms with Gasteiger partial charge >= 0.3 is 0 Å². The molecule has 3 rings (SSSR count). The lowest BCUT2D eigenvalue weighted by atomic mass is 10.1. The molecule has 3 aliphatic rings. The Balaban J connectivity index is 0.00000192. The van der Waals surface area contributed by atoms with Crippen LogP contribution in [0.1, 0.15) is 52.4 Å². The number of hydrogen-bond acceptors (Lipinski definition) is 3. The fourth-order valence-electron chi connectivity index (χ4n) is 4.03. The maximum absolute atomic E-state index is 9.94. The molecule has 0 aromatic heterocycles. The van der Waals surface area contributed by atoms with Crippen LogP contribution in [-0.4, -0.2) is 59.8 Å². The predicted molar refractivity (Wildman–Crippen MR) is 105 cm³/mol. The number of aliphatic imine (C=N–C) groups is 1. The van der Waals surface area contributed by atoms with Gasteiger partial charge in [-0.1, -0.05) is 6.42 Å². The van der Waals surface area contributed by atoms with Gasteiger partial charge < -0.3 is 15.7 Å². The summed E-state index contributed by atoms with van der Waals surface area (Å²) in [5.74, 6) is 1.28. The van der Waals surface area contributed by atoms with Gasteiger partial charge in [0.15, 0.2) is 5.96 Å². The summed E-state index contributed by atoms with van der Waals surface area (Å²) in [6, 6.07) is 2.03. The van der Waals surface area contributed by atoms with Crippen LogP contribution in [-0.2, 0) is 0 Å². The molecule has 4 unspecified atom stereocenters. The molecule has 1 heterocycles. The summed E-state index contributed by atoms with van der Waals surface area (Å²) in [5.41, 5.74) is 0. The van der Waals surface area contributed by atoms with Gasteiger partial charge in [-0.2, -0.15) is 0 Å². The van der Waals surface area contributed by atoms with E-state index in [0.717, 1.165) is 50.9 Å². The molecule has 6 heteroatoms. The van der Waals surface area contributed by atoms with E-state index in [4.69, 9.17) is 4.99 Å². The van der Waals surface area contributed by atoms with Crippen LogP contribution < -0.4 is 10.6 Å². The van der Waals surface area contributed by atoms with Crippen LogP contribution >= 0.6 is 24.0 Å². The van der Waals surface area contributed by atoms with Crippen LogP contribution in [0.25, 0.3) is 0 Å². The number of guanidine groups is 1. The summed E-state index contributed by atoms with van der Waals surface area (Å²) in [5, 5.41) is 16.9. The van der Waals surface area contributed by atoms with Gasteiger partial charge in [0.05, 0.1) is 6.10 Å². The van der Waals surface area contributed by atoms with Crippen molar-refractivity contribution in [2.24, 2.45) is 10.9 Å². The quantitative estimate of drug-likeness (QED) is 0.350. The average Bonchev–Trinajstić information content (AvgIpc) is 3.15. The Hall–Kier alpha value is -0.0800. The number of halogens is 1. The summed E-state index contributed by atoms with van der Waals surface area (Å²) in [6.45, 7) is 7.22. The normalized spacial score (nSPS) is 35.2. The molecule has 2 saturated carbocycles. The minimum absolute atomic E-state index is 0. The van der Waals surface area contributed by atoms with Crippen molar-refractivity contribution < 1.29 is 5.11 Å². The third kappa shape index (κ3) is 5.19. The molecule has 5 nitrogen and oxygen atoms in total. The second-order valence-electron chi connectivity index (χ2n) is 7.33. The van der Waals surface area contributed by atoms with E-state index in [-0.39, 0.29) is 30.1 Å². The highest BCUT2D eigenvalue weighted by Crippen LogP contribution is 2.33. The molecule has 0 radical (unpaired) electrons. The summed E-state index contributed by atoms with van der Waals surface area (Å²) in [4.78, 5) is 7.39. The highest BCUT2D eigenvalue weighted by atomic mass is 127. The van der Waals surface area contributed by atoms with Crippen LogP contribution in [0.2, 0.25) is 0 Å². The van der Waals surface area contributed by atoms with Crippen LogP contribution in [0.15, 0.2) is 4.99 Å². The average molecular weight is 436 g/mol. The van der Waals surface area contributed by atoms with Crippen molar-refractivity contribution in [3.63, 3.8) is 0 Å². The molecule has 4 atom stereocenters. The zero-order valence-corrected chi connectivity index (χ0v) is 16.8. The molecule has 0 amide bonds. The van der Waals surface area contributed by atoms with Crippen molar-refractivity contribution >= 4 is 29.9 Å². The number of rotatable bonds is 5. The topological polar surface area (TPSA) is 59.9 Å². The largest absolute Gasteiger partial charge is 0.393 e. The van der Waals surface area contributed by atoms with E-state index in [1.165, 1.54) is 19.3 Å². The Morgan fingerprint density at radius 1 is 1.26 bits per heavy atom. The van der Waals surface area contributed by atoms with Crippen molar-refractivity contribution in [2.45, 2.75) is 76.6 Å². The van der Waals surface area contributed by atoms with Gasteiger partial charge in [0.25, 0.3) is 0 Å². The van der Waals surface area contributed by atoms with Gasteiger partial charge in [-0.15, -0.1) is 24.0 Å². The molecule has 134 valence electrons. The molecule has 3 fully saturated rings. The molecule has 2 aliphatic carbocycles. The predicted octanol–water partition coefficient (Wildman–Crippen LogP) is 1.95. The van der Waals surface area contributed by atoms with Crippen molar-refractivity contribution in [2.75, 3.05) is 19.6 Å². The van der Waals surface area contributed by atoms with E-state index in [1.54, 1.807) is 0 Å². The Morgan fingerprint density at radius 3 is 2.65 bits per heavy atom. The van der Waals surface area contributed by atoms with Gasteiger partial charge in [0.2, 0.25) is 0 Å². The Kier molecular flexibility index (Phi) is 7.41. The molecule has 3 N–H and O–H groups in total. The first-order valence-corrected chi connectivity index (χ1v) is 9.16. The van der Waals surface area contributed by atoms with E-state index in [0.29, 0.717) is 18.0 Å². The second kappa shape index (κ2) is 8.85. The molecule has 1 saturated heterocycles. The Morgan fingerprint density at radius 2 is 2.04 bits per heavy atom. The van der Waals surface area contributed by atoms with E-state index >= 15 is 0 Å². The van der Waals surface area contributed by atoms with Crippen molar-refractivity contribution in [1.29, 1.82) is 0 Å². The minimum atomic E-state index is -0.150. The molecule has 0 aromatic rings. The lowest BCUT2D eigenvalue weighted by Gasteiger charge is -2.20. The SMILES string of the molecule is CCNC(=NCC1CCCC1O)NC1CC(C)N(C2CC2)C1.I. The smallest absolute Gasteiger partial charge is 0.191 e. The molecular weight excluding hydrogens is 403 g/mol. The fourth-order valence-corrected chi connectivity index (χ4v) is 4.03. The highest BCUT2D eigenvalue weighted by molar-refractivity contribution is 14.0. The minimum Gasteiger partial charge on any atom is -0.393 e. The summed E-state index contributed by atoms with van der Waals surface area (Å²) >= 11 is 0. The van der Waals surface area contributed by atoms with E-state index in [2.05, 4.69) is 29.4 Å². The maximum Gasteiger partial charge on any atom is 0.191 e.